The first kappa shape index (κ1) is 11.9. The third-order valence-electron chi connectivity index (χ3n) is 2.83. The maximum atomic E-state index is 13.3. The van der Waals surface area contributed by atoms with Crippen LogP contribution in [0, 0.1) is 10.6 Å². The number of aromatic amines is 1. The Balaban J connectivity index is 2.36. The van der Waals surface area contributed by atoms with Gasteiger partial charge in [-0.25, -0.2) is 9.37 Å². The maximum Gasteiger partial charge on any atom is 0.184 e. The normalized spacial score (nSPS) is 10.8. The minimum atomic E-state index is -0.361. The van der Waals surface area contributed by atoms with E-state index in [0.717, 1.165) is 5.52 Å². The molecule has 0 fully saturated rings. The van der Waals surface area contributed by atoms with Gasteiger partial charge >= 0.3 is 0 Å². The Morgan fingerprint density at radius 1 is 1.37 bits per heavy atom. The molecule has 2 aromatic heterocycles. The molecule has 1 N–H and O–H groups in total. The quantitative estimate of drug-likeness (QED) is 0.730. The fourth-order valence-electron chi connectivity index (χ4n) is 2.00. The zero-order chi connectivity index (χ0) is 13.4. The first-order valence-electron chi connectivity index (χ1n) is 5.60. The van der Waals surface area contributed by atoms with Crippen LogP contribution in [0.4, 0.5) is 4.39 Å². The lowest BCUT2D eigenvalue weighted by molar-refractivity contribution is 0.409. The highest BCUT2D eigenvalue weighted by Gasteiger charge is 2.12. The Kier molecular flexibility index (Phi) is 2.79. The lowest BCUT2D eigenvalue weighted by Gasteiger charge is -2.09. The van der Waals surface area contributed by atoms with Crippen molar-refractivity contribution >= 4 is 23.4 Å². The molecule has 0 saturated heterocycles. The number of methoxy groups -OCH3 is 1. The molecule has 1 aromatic carbocycles. The summed E-state index contributed by atoms with van der Waals surface area (Å²) >= 11 is 5.29. The van der Waals surface area contributed by atoms with Gasteiger partial charge in [-0.3, -0.25) is 4.57 Å². The Hall–Kier alpha value is -2.21. The minimum Gasteiger partial charge on any atom is -0.494 e. The Labute approximate surface area is 113 Å². The average molecular weight is 275 g/mol. The van der Waals surface area contributed by atoms with Crippen LogP contribution in [0.15, 0.2) is 36.5 Å². The summed E-state index contributed by atoms with van der Waals surface area (Å²) in [6.45, 7) is 0. The van der Waals surface area contributed by atoms with Gasteiger partial charge in [-0.1, -0.05) is 0 Å². The molecule has 19 heavy (non-hydrogen) atoms. The van der Waals surface area contributed by atoms with Gasteiger partial charge in [0.15, 0.2) is 10.4 Å². The molecule has 96 valence electrons. The standard InChI is InChI=1S/C13H10FN3OS/c1-18-11-7-8(14)4-5-10(11)17-12-9(16-13(17)19)3-2-6-15-12/h2-7H,1H3,(H,16,19). The highest BCUT2D eigenvalue weighted by atomic mass is 32.1. The molecule has 3 aromatic rings. The SMILES string of the molecule is COc1cc(F)ccc1-n1c(=S)[nH]c2cccnc21. The third-order valence-corrected chi connectivity index (χ3v) is 3.11. The number of H-pyrrole nitrogens is 1. The van der Waals surface area contributed by atoms with E-state index in [1.165, 1.54) is 19.2 Å². The minimum absolute atomic E-state index is 0.361. The highest BCUT2D eigenvalue weighted by molar-refractivity contribution is 7.71. The van der Waals surface area contributed by atoms with Crippen molar-refractivity contribution in [2.75, 3.05) is 7.11 Å². The second-order valence-electron chi connectivity index (χ2n) is 3.96. The summed E-state index contributed by atoms with van der Waals surface area (Å²) in [4.78, 5) is 7.35. The molecule has 6 heteroatoms. The first-order chi connectivity index (χ1) is 9.20. The highest BCUT2D eigenvalue weighted by Crippen LogP contribution is 2.26. The Morgan fingerprint density at radius 2 is 2.21 bits per heavy atom. The summed E-state index contributed by atoms with van der Waals surface area (Å²) < 4.78 is 20.7. The summed E-state index contributed by atoms with van der Waals surface area (Å²) in [6, 6.07) is 8.00. The largest absolute Gasteiger partial charge is 0.494 e. The number of nitrogens with zero attached hydrogens (tertiary/aromatic N) is 2. The van der Waals surface area contributed by atoms with Crippen LogP contribution in [0.1, 0.15) is 0 Å². The number of pyridine rings is 1. The summed E-state index contributed by atoms with van der Waals surface area (Å²) in [5.41, 5.74) is 2.15. The maximum absolute atomic E-state index is 13.3. The zero-order valence-corrected chi connectivity index (χ0v) is 10.9. The molecule has 4 nitrogen and oxygen atoms in total. The van der Waals surface area contributed by atoms with Gasteiger partial charge in [0.2, 0.25) is 0 Å². The first-order valence-corrected chi connectivity index (χ1v) is 6.01. The van der Waals surface area contributed by atoms with E-state index in [1.807, 2.05) is 12.1 Å². The molecule has 0 bridgehead atoms. The number of hydrogen-bond acceptors (Lipinski definition) is 3. The molecular weight excluding hydrogens is 265 g/mol. The predicted octanol–water partition coefficient (Wildman–Crippen LogP) is 3.23. The van der Waals surface area contributed by atoms with Crippen molar-refractivity contribution in [3.8, 4) is 11.4 Å². The molecule has 2 heterocycles. The molecular formula is C13H10FN3OS. The van der Waals surface area contributed by atoms with Crippen molar-refractivity contribution in [3.05, 3.63) is 47.1 Å². The van der Waals surface area contributed by atoms with Crippen LogP contribution < -0.4 is 4.74 Å². The number of nitrogens with one attached hydrogen (secondary N) is 1. The predicted molar refractivity (Wildman–Crippen MR) is 72.8 cm³/mol. The Bertz CT molecular complexity index is 809. The number of ether oxygens (including phenoxy) is 1. The van der Waals surface area contributed by atoms with E-state index in [9.17, 15) is 4.39 Å². The van der Waals surface area contributed by atoms with Gasteiger partial charge in [0, 0.05) is 12.3 Å². The van der Waals surface area contributed by atoms with Crippen molar-refractivity contribution < 1.29 is 9.13 Å². The number of imidazole rings is 1. The van der Waals surface area contributed by atoms with Crippen LogP contribution in [0.3, 0.4) is 0 Å². The summed E-state index contributed by atoms with van der Waals surface area (Å²) in [5, 5.41) is 0. The number of benzene rings is 1. The van der Waals surface area contributed by atoms with E-state index in [1.54, 1.807) is 16.8 Å². The van der Waals surface area contributed by atoms with E-state index < -0.39 is 0 Å². The van der Waals surface area contributed by atoms with Gasteiger partial charge in [0.05, 0.1) is 18.3 Å². The van der Waals surface area contributed by atoms with Crippen LogP contribution in [0.2, 0.25) is 0 Å². The fraction of sp³-hybridized carbons (Fsp3) is 0.0769. The number of aromatic nitrogens is 3. The van der Waals surface area contributed by atoms with Crippen LogP contribution >= 0.6 is 12.2 Å². The summed E-state index contributed by atoms with van der Waals surface area (Å²) in [5.74, 6) is 0.0440. The fourth-order valence-corrected chi connectivity index (χ4v) is 2.29. The Morgan fingerprint density at radius 3 is 3.00 bits per heavy atom. The van der Waals surface area contributed by atoms with E-state index in [0.29, 0.717) is 21.9 Å². The van der Waals surface area contributed by atoms with E-state index in [-0.39, 0.29) is 5.82 Å². The van der Waals surface area contributed by atoms with Crippen molar-refractivity contribution in [3.63, 3.8) is 0 Å². The molecule has 0 aliphatic rings. The van der Waals surface area contributed by atoms with Crippen molar-refractivity contribution in [2.45, 2.75) is 0 Å². The zero-order valence-electron chi connectivity index (χ0n) is 10.1. The number of halogens is 1. The molecule has 3 rings (SSSR count). The lowest BCUT2D eigenvalue weighted by Crippen LogP contribution is -1.99. The van der Waals surface area contributed by atoms with Gasteiger partial charge in [-0.15, -0.1) is 0 Å². The van der Waals surface area contributed by atoms with E-state index in [4.69, 9.17) is 17.0 Å². The van der Waals surface area contributed by atoms with Crippen molar-refractivity contribution in [2.24, 2.45) is 0 Å². The topological polar surface area (TPSA) is 42.8 Å². The van der Waals surface area contributed by atoms with Crippen molar-refractivity contribution in [1.29, 1.82) is 0 Å². The van der Waals surface area contributed by atoms with Gasteiger partial charge in [-0.2, -0.15) is 0 Å². The number of fused-ring (bicyclic) bond motifs is 1. The molecule has 0 unspecified atom stereocenters. The average Bonchev–Trinajstić information content (AvgIpc) is 2.74. The number of hydrogen-bond donors (Lipinski definition) is 1. The van der Waals surface area contributed by atoms with Gasteiger partial charge in [0.1, 0.15) is 11.6 Å². The lowest BCUT2D eigenvalue weighted by atomic mass is 10.2. The van der Waals surface area contributed by atoms with Crippen LogP contribution in [-0.2, 0) is 0 Å². The van der Waals surface area contributed by atoms with Gasteiger partial charge in [0.25, 0.3) is 0 Å². The number of rotatable bonds is 2. The van der Waals surface area contributed by atoms with Crippen molar-refractivity contribution in [1.82, 2.24) is 14.5 Å². The van der Waals surface area contributed by atoms with E-state index in [2.05, 4.69) is 9.97 Å². The molecule has 0 aliphatic heterocycles. The molecule has 0 saturated carbocycles. The second kappa shape index (κ2) is 4.47. The molecule has 0 radical (unpaired) electrons. The molecule has 0 amide bonds. The smallest absolute Gasteiger partial charge is 0.184 e. The van der Waals surface area contributed by atoms with Crippen LogP contribution in [-0.4, -0.2) is 21.6 Å². The molecule has 0 spiro atoms. The van der Waals surface area contributed by atoms with Crippen LogP contribution in [0.25, 0.3) is 16.9 Å². The monoisotopic (exact) mass is 275 g/mol. The van der Waals surface area contributed by atoms with Crippen LogP contribution in [0.5, 0.6) is 5.75 Å². The molecule has 0 aliphatic carbocycles. The second-order valence-corrected chi connectivity index (χ2v) is 4.34. The van der Waals surface area contributed by atoms with Gasteiger partial charge < -0.3 is 9.72 Å². The molecule has 0 atom stereocenters. The van der Waals surface area contributed by atoms with E-state index >= 15 is 0 Å². The van der Waals surface area contributed by atoms with Gasteiger partial charge in [-0.05, 0) is 36.5 Å². The summed E-state index contributed by atoms with van der Waals surface area (Å²) in [7, 11) is 1.49. The summed E-state index contributed by atoms with van der Waals surface area (Å²) in [6.07, 6.45) is 1.68. The third kappa shape index (κ3) is 1.90.